The number of halogens is 2. The number of benzene rings is 2. The second-order valence-corrected chi connectivity index (χ2v) is 4.90. The molecule has 0 bridgehead atoms. The Morgan fingerprint density at radius 2 is 1.95 bits per heavy atom. The Morgan fingerprint density at radius 3 is 2.75 bits per heavy atom. The molecule has 0 unspecified atom stereocenters. The maximum Gasteiger partial charge on any atom is 0.141 e. The van der Waals surface area contributed by atoms with Crippen LogP contribution in [0, 0.1) is 12.7 Å². The molecule has 0 amide bonds. The van der Waals surface area contributed by atoms with E-state index < -0.39 is 5.82 Å². The molecule has 0 atom stereocenters. The zero-order chi connectivity index (χ0) is 14.1. The van der Waals surface area contributed by atoms with Crippen LogP contribution in [-0.4, -0.2) is 9.97 Å². The van der Waals surface area contributed by atoms with Gasteiger partial charge in [-0.2, -0.15) is 0 Å². The summed E-state index contributed by atoms with van der Waals surface area (Å²) in [7, 11) is 0. The smallest absolute Gasteiger partial charge is 0.141 e. The Kier molecular flexibility index (Phi) is 3.24. The Morgan fingerprint density at radius 1 is 1.10 bits per heavy atom. The van der Waals surface area contributed by atoms with Gasteiger partial charge >= 0.3 is 0 Å². The fourth-order valence-electron chi connectivity index (χ4n) is 1.98. The van der Waals surface area contributed by atoms with Crippen molar-refractivity contribution in [1.82, 2.24) is 9.97 Å². The summed E-state index contributed by atoms with van der Waals surface area (Å²) in [4.78, 5) is 8.46. The Hall–Kier alpha value is -2.20. The van der Waals surface area contributed by atoms with Crippen molar-refractivity contribution >= 4 is 34.0 Å². The SMILES string of the molecule is Cc1ccc2ncnc(Nc3ccc(F)c(Cl)c3)c2c1. The van der Waals surface area contributed by atoms with Crippen LogP contribution < -0.4 is 5.32 Å². The highest BCUT2D eigenvalue weighted by molar-refractivity contribution is 6.31. The van der Waals surface area contributed by atoms with Crippen molar-refractivity contribution in [2.75, 3.05) is 5.32 Å². The van der Waals surface area contributed by atoms with Crippen LogP contribution in [-0.2, 0) is 0 Å². The summed E-state index contributed by atoms with van der Waals surface area (Å²) in [6.45, 7) is 2.00. The first-order chi connectivity index (χ1) is 9.63. The van der Waals surface area contributed by atoms with Crippen molar-refractivity contribution in [2.45, 2.75) is 6.92 Å². The molecule has 0 saturated heterocycles. The molecule has 0 aliphatic carbocycles. The molecule has 1 N–H and O–H groups in total. The van der Waals surface area contributed by atoms with E-state index in [2.05, 4.69) is 15.3 Å². The van der Waals surface area contributed by atoms with Gasteiger partial charge in [0.15, 0.2) is 0 Å². The zero-order valence-electron chi connectivity index (χ0n) is 10.7. The third kappa shape index (κ3) is 2.42. The molecule has 1 aromatic heterocycles. The van der Waals surface area contributed by atoms with E-state index in [1.807, 2.05) is 25.1 Å². The first-order valence-corrected chi connectivity index (χ1v) is 6.45. The van der Waals surface area contributed by atoms with E-state index in [0.717, 1.165) is 16.5 Å². The fraction of sp³-hybridized carbons (Fsp3) is 0.0667. The summed E-state index contributed by atoms with van der Waals surface area (Å²) in [5.41, 5.74) is 2.65. The fourth-order valence-corrected chi connectivity index (χ4v) is 2.16. The predicted octanol–water partition coefficient (Wildman–Crippen LogP) is 4.47. The summed E-state index contributed by atoms with van der Waals surface area (Å²) >= 11 is 5.78. The van der Waals surface area contributed by atoms with E-state index in [1.54, 1.807) is 6.07 Å². The number of rotatable bonds is 2. The lowest BCUT2D eigenvalue weighted by atomic mass is 10.1. The maximum atomic E-state index is 13.2. The highest BCUT2D eigenvalue weighted by atomic mass is 35.5. The maximum absolute atomic E-state index is 13.2. The van der Waals surface area contributed by atoms with Crippen molar-refractivity contribution < 1.29 is 4.39 Å². The van der Waals surface area contributed by atoms with Crippen LogP contribution in [0.2, 0.25) is 5.02 Å². The molecule has 0 fully saturated rings. The highest BCUT2D eigenvalue weighted by Crippen LogP contribution is 2.26. The van der Waals surface area contributed by atoms with Crippen LogP contribution in [0.25, 0.3) is 10.9 Å². The molecule has 2 aromatic carbocycles. The van der Waals surface area contributed by atoms with Gasteiger partial charge < -0.3 is 5.32 Å². The van der Waals surface area contributed by atoms with Crippen LogP contribution in [0.1, 0.15) is 5.56 Å². The molecule has 0 radical (unpaired) electrons. The number of nitrogens with one attached hydrogen (secondary N) is 1. The Bertz CT molecular complexity index is 789. The summed E-state index contributed by atoms with van der Waals surface area (Å²) in [5, 5.41) is 4.12. The number of anilines is 2. The van der Waals surface area contributed by atoms with Gasteiger partial charge in [-0.25, -0.2) is 14.4 Å². The predicted molar refractivity (Wildman–Crippen MR) is 79.0 cm³/mol. The molecule has 20 heavy (non-hydrogen) atoms. The first-order valence-electron chi connectivity index (χ1n) is 6.07. The van der Waals surface area contributed by atoms with Crippen LogP contribution in [0.3, 0.4) is 0 Å². The second-order valence-electron chi connectivity index (χ2n) is 4.50. The molecule has 0 aliphatic rings. The molecule has 3 nitrogen and oxygen atoms in total. The average molecular weight is 288 g/mol. The number of nitrogens with zero attached hydrogens (tertiary/aromatic N) is 2. The lowest BCUT2D eigenvalue weighted by molar-refractivity contribution is 0.628. The summed E-state index contributed by atoms with van der Waals surface area (Å²) < 4.78 is 13.2. The van der Waals surface area contributed by atoms with Crippen LogP contribution in [0.5, 0.6) is 0 Å². The van der Waals surface area contributed by atoms with E-state index in [0.29, 0.717) is 11.5 Å². The molecule has 3 rings (SSSR count). The van der Waals surface area contributed by atoms with E-state index in [9.17, 15) is 4.39 Å². The third-order valence-corrected chi connectivity index (χ3v) is 3.26. The number of aromatic nitrogens is 2. The Labute approximate surface area is 120 Å². The van der Waals surface area contributed by atoms with Crippen LogP contribution >= 0.6 is 11.6 Å². The van der Waals surface area contributed by atoms with Crippen molar-refractivity contribution in [3.05, 3.63) is 59.1 Å². The first kappa shape index (κ1) is 12.8. The largest absolute Gasteiger partial charge is 0.340 e. The van der Waals surface area contributed by atoms with Gasteiger partial charge in [0, 0.05) is 11.1 Å². The molecular formula is C15H11ClFN3. The molecule has 0 spiro atoms. The molecule has 100 valence electrons. The van der Waals surface area contributed by atoms with Gasteiger partial charge in [0.25, 0.3) is 0 Å². The minimum atomic E-state index is -0.444. The van der Waals surface area contributed by atoms with Crippen LogP contribution in [0.15, 0.2) is 42.7 Å². The van der Waals surface area contributed by atoms with Gasteiger partial charge in [-0.1, -0.05) is 23.2 Å². The monoisotopic (exact) mass is 287 g/mol. The van der Waals surface area contributed by atoms with Gasteiger partial charge in [0.2, 0.25) is 0 Å². The molecule has 1 heterocycles. The van der Waals surface area contributed by atoms with Crippen molar-refractivity contribution in [2.24, 2.45) is 0 Å². The van der Waals surface area contributed by atoms with Crippen molar-refractivity contribution in [3.63, 3.8) is 0 Å². The quantitative estimate of drug-likeness (QED) is 0.755. The number of aryl methyl sites for hydroxylation is 1. The van der Waals surface area contributed by atoms with E-state index in [-0.39, 0.29) is 5.02 Å². The van der Waals surface area contributed by atoms with Gasteiger partial charge in [0.1, 0.15) is 18.0 Å². The normalized spacial score (nSPS) is 10.8. The topological polar surface area (TPSA) is 37.8 Å². The van der Waals surface area contributed by atoms with Gasteiger partial charge in [-0.15, -0.1) is 0 Å². The number of hydrogen-bond acceptors (Lipinski definition) is 3. The van der Waals surface area contributed by atoms with Gasteiger partial charge in [0.05, 0.1) is 10.5 Å². The lowest BCUT2D eigenvalue weighted by Gasteiger charge is -2.09. The average Bonchev–Trinajstić information content (AvgIpc) is 2.44. The third-order valence-electron chi connectivity index (χ3n) is 2.97. The molecule has 3 aromatic rings. The summed E-state index contributed by atoms with van der Waals surface area (Å²) in [6, 6.07) is 10.4. The number of fused-ring (bicyclic) bond motifs is 1. The molecular weight excluding hydrogens is 277 g/mol. The highest BCUT2D eigenvalue weighted by Gasteiger charge is 2.06. The van der Waals surface area contributed by atoms with E-state index >= 15 is 0 Å². The minimum absolute atomic E-state index is 0.0737. The Balaban J connectivity index is 2.05. The van der Waals surface area contributed by atoms with Gasteiger partial charge in [-0.05, 0) is 37.3 Å². The molecule has 5 heteroatoms. The van der Waals surface area contributed by atoms with Crippen molar-refractivity contribution in [1.29, 1.82) is 0 Å². The zero-order valence-corrected chi connectivity index (χ0v) is 11.4. The number of hydrogen-bond donors (Lipinski definition) is 1. The van der Waals surface area contributed by atoms with Crippen molar-refractivity contribution in [3.8, 4) is 0 Å². The lowest BCUT2D eigenvalue weighted by Crippen LogP contribution is -1.96. The standard InChI is InChI=1S/C15H11ClFN3/c1-9-2-5-14-11(6-9)15(19-8-18-14)20-10-3-4-13(17)12(16)7-10/h2-8H,1H3,(H,18,19,20). The van der Waals surface area contributed by atoms with Gasteiger partial charge in [-0.3, -0.25) is 0 Å². The van der Waals surface area contributed by atoms with Crippen LogP contribution in [0.4, 0.5) is 15.9 Å². The molecule has 0 saturated carbocycles. The van der Waals surface area contributed by atoms with E-state index in [4.69, 9.17) is 11.6 Å². The summed E-state index contributed by atoms with van der Waals surface area (Å²) in [5.74, 6) is 0.224. The van der Waals surface area contributed by atoms with E-state index in [1.165, 1.54) is 18.5 Å². The minimum Gasteiger partial charge on any atom is -0.340 e. The second kappa shape index (κ2) is 5.06. The summed E-state index contributed by atoms with van der Waals surface area (Å²) in [6.07, 6.45) is 1.49. The molecule has 0 aliphatic heterocycles.